The largest absolute Gasteiger partial charge is 0.465 e. The molecule has 0 heterocycles. The van der Waals surface area contributed by atoms with Crippen LogP contribution in [0, 0.1) is 0 Å². The van der Waals surface area contributed by atoms with Gasteiger partial charge in [0, 0.05) is 26.2 Å². The molecule has 0 saturated heterocycles. The minimum Gasteiger partial charge on any atom is -0.465 e. The fourth-order valence-electron chi connectivity index (χ4n) is 5.54. The molecule has 0 aliphatic carbocycles. The molecule has 0 saturated carbocycles. The molecule has 0 bridgehead atoms. The summed E-state index contributed by atoms with van der Waals surface area (Å²) in [6.45, 7) is 16.3. The number of hydroxylamine groups is 1. The summed E-state index contributed by atoms with van der Waals surface area (Å²) >= 11 is 0. The molecule has 1 aromatic carbocycles. The van der Waals surface area contributed by atoms with E-state index in [-0.39, 0.29) is 91.8 Å². The summed E-state index contributed by atoms with van der Waals surface area (Å²) in [6.07, 6.45) is 3.36. The van der Waals surface area contributed by atoms with Crippen molar-refractivity contribution in [2.24, 2.45) is 0 Å². The number of rotatable bonds is 28. The number of esters is 5. The first-order valence-corrected chi connectivity index (χ1v) is 20.0. The molecular weight excluding hydrogens is 756 g/mol. The zero-order valence-corrected chi connectivity index (χ0v) is 35.9. The maximum absolute atomic E-state index is 13.6. The Morgan fingerprint density at radius 2 is 1.07 bits per heavy atom. The van der Waals surface area contributed by atoms with Gasteiger partial charge in [0.2, 0.25) is 0 Å². The van der Waals surface area contributed by atoms with E-state index in [1.54, 1.807) is 65.2 Å². The van der Waals surface area contributed by atoms with Gasteiger partial charge >= 0.3 is 35.9 Å². The third kappa shape index (κ3) is 22.4. The molecule has 2 unspecified atom stereocenters. The molecule has 1 amide bonds. The second-order valence-electron chi connectivity index (χ2n) is 13.9. The maximum atomic E-state index is 13.6. The van der Waals surface area contributed by atoms with Gasteiger partial charge < -0.3 is 28.4 Å². The summed E-state index contributed by atoms with van der Waals surface area (Å²) < 4.78 is 31.3. The van der Waals surface area contributed by atoms with Gasteiger partial charge in [-0.25, -0.2) is 4.79 Å². The topological polar surface area (TPSA) is 189 Å². The molecule has 0 radical (unpaired) electrons. The minimum absolute atomic E-state index is 0.119. The number of hydrogen-bond acceptors (Lipinski definition) is 16. The van der Waals surface area contributed by atoms with Gasteiger partial charge in [0.25, 0.3) is 0 Å². The second-order valence-corrected chi connectivity index (χ2v) is 13.9. The third-order valence-electron chi connectivity index (χ3n) is 8.07. The normalized spacial score (nSPS) is 12.6. The first-order chi connectivity index (χ1) is 27.6. The quantitative estimate of drug-likeness (QED) is 0.0723. The number of nitrogens with one attached hydrogen (secondary N) is 1. The fourth-order valence-corrected chi connectivity index (χ4v) is 5.54. The predicted molar refractivity (Wildman–Crippen MR) is 215 cm³/mol. The van der Waals surface area contributed by atoms with Crippen molar-refractivity contribution in [2.45, 2.75) is 92.9 Å². The molecule has 17 nitrogen and oxygen atoms in total. The second kappa shape index (κ2) is 28.8. The molecule has 328 valence electrons. The van der Waals surface area contributed by atoms with Crippen molar-refractivity contribution in [3.8, 4) is 0 Å². The van der Waals surface area contributed by atoms with Crippen LogP contribution in [0.3, 0.4) is 0 Å². The SMILES string of the molecule is CCOC(=O)CN(CCN(CCN(CC(=O)OCC)CC(=O)OCC)C(C/C=C/c1ccc(C(CC)ONC(=O)OC(C)(C)C)cc1)C(=O)OCC)CC(=O)OCC. The van der Waals surface area contributed by atoms with Crippen molar-refractivity contribution in [1.82, 2.24) is 20.2 Å². The molecule has 0 fully saturated rings. The summed E-state index contributed by atoms with van der Waals surface area (Å²) in [5, 5.41) is 0. The lowest BCUT2D eigenvalue weighted by Gasteiger charge is -2.33. The van der Waals surface area contributed by atoms with Crippen LogP contribution < -0.4 is 5.48 Å². The van der Waals surface area contributed by atoms with E-state index < -0.39 is 53.7 Å². The summed E-state index contributed by atoms with van der Waals surface area (Å²) in [5.41, 5.74) is 3.34. The molecule has 1 rings (SSSR count). The van der Waals surface area contributed by atoms with E-state index in [0.717, 1.165) is 11.1 Å². The van der Waals surface area contributed by atoms with Crippen LogP contribution >= 0.6 is 0 Å². The summed E-state index contributed by atoms with van der Waals surface area (Å²) in [4.78, 5) is 86.4. The van der Waals surface area contributed by atoms with E-state index in [2.05, 4.69) is 5.48 Å². The van der Waals surface area contributed by atoms with Gasteiger partial charge in [-0.15, -0.1) is 0 Å². The Hall–Kier alpha value is -4.58. The van der Waals surface area contributed by atoms with E-state index in [1.165, 1.54) is 0 Å². The molecule has 0 spiro atoms. The molecule has 0 aromatic heterocycles. The van der Waals surface area contributed by atoms with E-state index in [4.69, 9.17) is 33.3 Å². The first kappa shape index (κ1) is 51.4. The number of nitrogens with zero attached hydrogens (tertiary/aromatic N) is 3. The van der Waals surface area contributed by atoms with E-state index >= 15 is 0 Å². The monoisotopic (exact) mass is 822 g/mol. The highest BCUT2D eigenvalue weighted by Crippen LogP contribution is 2.21. The predicted octanol–water partition coefficient (Wildman–Crippen LogP) is 4.09. The van der Waals surface area contributed by atoms with Crippen molar-refractivity contribution >= 4 is 42.0 Å². The molecule has 17 heteroatoms. The van der Waals surface area contributed by atoms with Gasteiger partial charge in [0.05, 0.1) is 59.2 Å². The molecule has 1 aromatic rings. The Kier molecular flexibility index (Phi) is 25.5. The van der Waals surface area contributed by atoms with E-state index in [9.17, 15) is 28.8 Å². The molecule has 0 aliphatic heterocycles. The molecular formula is C41H66N4O13. The van der Waals surface area contributed by atoms with Crippen molar-refractivity contribution < 1.29 is 62.0 Å². The zero-order valence-electron chi connectivity index (χ0n) is 35.9. The zero-order chi connectivity index (χ0) is 43.5. The average molecular weight is 823 g/mol. The Balaban J connectivity index is 3.42. The number of hydrogen-bond donors (Lipinski definition) is 1. The average Bonchev–Trinajstić information content (AvgIpc) is 3.14. The molecule has 2 atom stereocenters. The minimum atomic E-state index is -0.841. The fraction of sp³-hybridized carbons (Fsp3) is 0.659. The van der Waals surface area contributed by atoms with Gasteiger partial charge in [0.15, 0.2) is 0 Å². The highest BCUT2D eigenvalue weighted by atomic mass is 16.7. The van der Waals surface area contributed by atoms with Gasteiger partial charge in [-0.05, 0) is 79.4 Å². The van der Waals surface area contributed by atoms with Gasteiger partial charge in [-0.2, -0.15) is 5.48 Å². The number of ether oxygens (including phenoxy) is 6. The number of carbonyl (C=O) groups excluding carboxylic acids is 6. The third-order valence-corrected chi connectivity index (χ3v) is 8.07. The van der Waals surface area contributed by atoms with Crippen LogP contribution in [0.5, 0.6) is 0 Å². The standard InChI is InChI=1S/C41H66N4O13/c1-10-34(58-42-40(51)57-41(7,8)9)32-21-19-31(20-22-32)17-16-18-33(39(50)56-15-6)45(25-23-43(27-35(46)52-11-2)28-36(47)53-12-3)26-24-44(29-37(48)54-13-4)30-38(49)55-14-5/h16-17,19-22,33-34H,10-15,18,23-30H2,1-9H3,(H,42,51)/b17-16+. The lowest BCUT2D eigenvalue weighted by atomic mass is 10.0. The van der Waals surface area contributed by atoms with Crippen LogP contribution in [0.15, 0.2) is 30.3 Å². The summed E-state index contributed by atoms with van der Waals surface area (Å²) in [7, 11) is 0. The number of amides is 1. The number of benzene rings is 1. The van der Waals surface area contributed by atoms with Crippen LogP contribution in [-0.2, 0) is 57.2 Å². The first-order valence-electron chi connectivity index (χ1n) is 20.0. The molecule has 58 heavy (non-hydrogen) atoms. The number of carbonyl (C=O) groups is 6. The van der Waals surface area contributed by atoms with Crippen LogP contribution in [0.4, 0.5) is 4.79 Å². The summed E-state index contributed by atoms with van der Waals surface area (Å²) in [6, 6.07) is 6.68. The Morgan fingerprint density at radius 3 is 1.45 bits per heavy atom. The van der Waals surface area contributed by atoms with E-state index in [0.29, 0.717) is 6.42 Å². The lowest BCUT2D eigenvalue weighted by Crippen LogP contribution is -2.50. The lowest BCUT2D eigenvalue weighted by molar-refractivity contribution is -0.152. The van der Waals surface area contributed by atoms with Crippen molar-refractivity contribution in [1.29, 1.82) is 0 Å². The van der Waals surface area contributed by atoms with Gasteiger partial charge in [0.1, 0.15) is 17.7 Å². The van der Waals surface area contributed by atoms with Crippen molar-refractivity contribution in [3.05, 3.63) is 41.5 Å². The highest BCUT2D eigenvalue weighted by Gasteiger charge is 2.29. The van der Waals surface area contributed by atoms with Crippen LogP contribution in [0.1, 0.15) is 92.4 Å². The van der Waals surface area contributed by atoms with E-state index in [1.807, 2.05) is 48.2 Å². The highest BCUT2D eigenvalue weighted by molar-refractivity contribution is 5.77. The molecule has 1 N–H and O–H groups in total. The maximum Gasteiger partial charge on any atom is 0.431 e. The Bertz CT molecular complexity index is 1340. The Morgan fingerprint density at radius 1 is 0.638 bits per heavy atom. The van der Waals surface area contributed by atoms with Crippen LogP contribution in [0.2, 0.25) is 0 Å². The Labute approximate surface area is 343 Å². The van der Waals surface area contributed by atoms with Crippen LogP contribution in [-0.4, -0.2) is 148 Å². The smallest absolute Gasteiger partial charge is 0.431 e. The summed E-state index contributed by atoms with van der Waals surface area (Å²) in [5.74, 6) is -2.62. The molecule has 0 aliphatic rings. The van der Waals surface area contributed by atoms with Crippen molar-refractivity contribution in [2.75, 3.05) is 85.4 Å². The van der Waals surface area contributed by atoms with Gasteiger partial charge in [-0.3, -0.25) is 43.5 Å². The van der Waals surface area contributed by atoms with Crippen molar-refractivity contribution in [3.63, 3.8) is 0 Å². The van der Waals surface area contributed by atoms with Gasteiger partial charge in [-0.1, -0.05) is 43.3 Å². The van der Waals surface area contributed by atoms with Crippen LogP contribution in [0.25, 0.3) is 6.08 Å².